The van der Waals surface area contributed by atoms with E-state index in [2.05, 4.69) is 0 Å². The molecule has 0 atom stereocenters. The van der Waals surface area contributed by atoms with Gasteiger partial charge in [0.25, 0.3) is 5.69 Å². The highest BCUT2D eigenvalue weighted by atomic mass is 32.1. The molecule has 1 fully saturated rings. The van der Waals surface area contributed by atoms with Crippen LogP contribution in [-0.4, -0.2) is 36.4 Å². The molecule has 0 aliphatic carbocycles. The molecule has 7 nitrogen and oxygen atoms in total. The molecule has 3 rings (SSSR count). The normalized spacial score (nSPS) is 14.6. The Hall–Kier alpha value is -2.74. The topological polar surface area (TPSA) is 89.8 Å². The van der Waals surface area contributed by atoms with Crippen molar-refractivity contribution in [3.63, 3.8) is 0 Å². The average molecular weight is 402 g/mol. The molecular formula is C20H22N2O5S. The Bertz CT molecular complexity index is 829. The number of piperidine rings is 1. The van der Waals surface area contributed by atoms with Crippen LogP contribution >= 0.6 is 11.3 Å². The number of anilines is 1. The Kier molecular flexibility index (Phi) is 6.76. The van der Waals surface area contributed by atoms with Crippen molar-refractivity contribution in [2.24, 2.45) is 5.92 Å². The smallest absolute Gasteiger partial charge is 0.309 e. The van der Waals surface area contributed by atoms with E-state index in [9.17, 15) is 19.7 Å². The number of hydrogen-bond donors (Lipinski definition) is 0. The van der Waals surface area contributed by atoms with Gasteiger partial charge in [0.2, 0.25) is 0 Å². The molecule has 148 valence electrons. The highest BCUT2D eigenvalue weighted by molar-refractivity contribution is 7.12. The molecule has 0 radical (unpaired) electrons. The van der Waals surface area contributed by atoms with E-state index in [4.69, 9.17) is 4.74 Å². The molecule has 0 saturated carbocycles. The first-order chi connectivity index (χ1) is 13.6. The minimum atomic E-state index is -0.382. The van der Waals surface area contributed by atoms with Gasteiger partial charge in [-0.3, -0.25) is 19.7 Å². The lowest BCUT2D eigenvalue weighted by molar-refractivity contribution is -0.384. The Morgan fingerprint density at radius 3 is 2.61 bits per heavy atom. The molecule has 0 amide bonds. The number of ether oxygens (including phenoxy) is 1. The fraction of sp³-hybridized carbons (Fsp3) is 0.400. The molecule has 8 heteroatoms. The van der Waals surface area contributed by atoms with Gasteiger partial charge in [-0.25, -0.2) is 0 Å². The number of carbonyl (C=O) groups is 2. The maximum atomic E-state index is 12.3. The first-order valence-corrected chi connectivity index (χ1v) is 10.2. The third-order valence-corrected chi connectivity index (χ3v) is 5.75. The largest absolute Gasteiger partial charge is 0.465 e. The van der Waals surface area contributed by atoms with Gasteiger partial charge in [-0.2, -0.15) is 0 Å². The molecule has 1 aliphatic heterocycles. The van der Waals surface area contributed by atoms with Crippen molar-refractivity contribution in [1.82, 2.24) is 0 Å². The molecule has 1 aromatic carbocycles. The van der Waals surface area contributed by atoms with E-state index in [1.165, 1.54) is 17.4 Å². The Morgan fingerprint density at radius 2 is 1.93 bits per heavy atom. The molecule has 1 aromatic heterocycles. The van der Waals surface area contributed by atoms with Gasteiger partial charge in [0.05, 0.1) is 22.3 Å². The summed E-state index contributed by atoms with van der Waals surface area (Å²) in [6.07, 6.45) is 2.07. The quantitative estimate of drug-likeness (QED) is 0.217. The van der Waals surface area contributed by atoms with Crippen LogP contribution in [0, 0.1) is 16.0 Å². The molecule has 0 spiro atoms. The van der Waals surface area contributed by atoms with Gasteiger partial charge in [0, 0.05) is 25.6 Å². The number of benzene rings is 1. The number of para-hydroxylation sites is 2. The van der Waals surface area contributed by atoms with Crippen molar-refractivity contribution in [1.29, 1.82) is 0 Å². The second-order valence-electron chi connectivity index (χ2n) is 6.68. The number of carbonyl (C=O) groups excluding carboxylic acids is 2. The lowest BCUT2D eigenvalue weighted by atomic mass is 9.96. The Balaban J connectivity index is 1.42. The number of hydrogen-bond acceptors (Lipinski definition) is 7. The van der Waals surface area contributed by atoms with E-state index < -0.39 is 0 Å². The number of esters is 1. The van der Waals surface area contributed by atoms with Gasteiger partial charge >= 0.3 is 5.97 Å². The Morgan fingerprint density at radius 1 is 1.18 bits per heavy atom. The summed E-state index contributed by atoms with van der Waals surface area (Å²) in [6.45, 7) is 1.38. The van der Waals surface area contributed by atoms with Crippen LogP contribution in [0.2, 0.25) is 0 Å². The van der Waals surface area contributed by atoms with Crippen LogP contribution in [0.4, 0.5) is 11.4 Å². The van der Waals surface area contributed by atoms with Crippen molar-refractivity contribution in [2.75, 3.05) is 24.6 Å². The molecule has 28 heavy (non-hydrogen) atoms. The van der Waals surface area contributed by atoms with E-state index in [-0.39, 0.29) is 34.9 Å². The lowest BCUT2D eigenvalue weighted by Gasteiger charge is -2.32. The van der Waals surface area contributed by atoms with Crippen LogP contribution in [0.5, 0.6) is 0 Å². The van der Waals surface area contributed by atoms with Gasteiger partial charge in [-0.15, -0.1) is 11.3 Å². The van der Waals surface area contributed by atoms with Gasteiger partial charge < -0.3 is 9.64 Å². The number of Topliss-reactive ketones (excluding diaryl/α,β-unsaturated/α-hetero) is 1. The second kappa shape index (κ2) is 9.45. The van der Waals surface area contributed by atoms with Gasteiger partial charge in [-0.05, 0) is 36.8 Å². The summed E-state index contributed by atoms with van der Waals surface area (Å²) in [7, 11) is 0. The number of nitrogens with zero attached hydrogens (tertiary/aromatic N) is 2. The van der Waals surface area contributed by atoms with E-state index in [0.29, 0.717) is 44.5 Å². The zero-order chi connectivity index (χ0) is 19.9. The van der Waals surface area contributed by atoms with Crippen molar-refractivity contribution in [2.45, 2.75) is 25.7 Å². The predicted octanol–water partition coefficient (Wildman–Crippen LogP) is 4.08. The number of ketones is 1. The third-order valence-electron chi connectivity index (χ3n) is 4.84. The second-order valence-corrected chi connectivity index (χ2v) is 7.63. The Labute approximate surface area is 167 Å². The molecule has 0 N–H and O–H groups in total. The van der Waals surface area contributed by atoms with Crippen LogP contribution in [0.3, 0.4) is 0 Å². The highest BCUT2D eigenvalue weighted by Crippen LogP contribution is 2.31. The number of nitro groups is 1. The molecule has 1 saturated heterocycles. The summed E-state index contributed by atoms with van der Waals surface area (Å²) in [6, 6.07) is 10.3. The molecule has 2 aromatic rings. The van der Waals surface area contributed by atoms with Crippen LogP contribution < -0.4 is 4.90 Å². The number of rotatable bonds is 8. The number of nitro benzene ring substituents is 1. The summed E-state index contributed by atoms with van der Waals surface area (Å²) in [4.78, 5) is 37.7. The third kappa shape index (κ3) is 4.95. The summed E-state index contributed by atoms with van der Waals surface area (Å²) < 4.78 is 5.34. The van der Waals surface area contributed by atoms with Gasteiger partial charge in [0.1, 0.15) is 5.69 Å². The first-order valence-electron chi connectivity index (χ1n) is 9.28. The fourth-order valence-electron chi connectivity index (χ4n) is 3.33. The monoisotopic (exact) mass is 402 g/mol. The van der Waals surface area contributed by atoms with E-state index >= 15 is 0 Å². The SMILES string of the molecule is O=C(CCCOC(=O)C1CCN(c2ccccc2[N+](=O)[O-])CC1)c1cccs1. The molecule has 0 bridgehead atoms. The lowest BCUT2D eigenvalue weighted by Crippen LogP contribution is -2.37. The summed E-state index contributed by atoms with van der Waals surface area (Å²) in [5.74, 6) is -0.374. The molecule has 1 aliphatic rings. The zero-order valence-electron chi connectivity index (χ0n) is 15.4. The van der Waals surface area contributed by atoms with E-state index in [0.717, 1.165) is 4.88 Å². The standard InChI is InChI=1S/C20H22N2O5S/c23-18(19-8-4-14-28-19)7-3-13-27-20(24)15-9-11-21(12-10-15)16-5-1-2-6-17(16)22(25)26/h1-2,4-6,8,14-15H,3,7,9-13H2. The van der Waals surface area contributed by atoms with Crippen LogP contribution in [0.25, 0.3) is 0 Å². The maximum absolute atomic E-state index is 12.3. The van der Waals surface area contributed by atoms with E-state index in [1.807, 2.05) is 16.3 Å². The molecular weight excluding hydrogens is 380 g/mol. The number of thiophene rings is 1. The van der Waals surface area contributed by atoms with Crippen molar-refractivity contribution in [3.05, 3.63) is 56.8 Å². The minimum Gasteiger partial charge on any atom is -0.465 e. The maximum Gasteiger partial charge on any atom is 0.309 e. The zero-order valence-corrected chi connectivity index (χ0v) is 16.2. The van der Waals surface area contributed by atoms with Gasteiger partial charge in [-0.1, -0.05) is 18.2 Å². The minimum absolute atomic E-state index is 0.0730. The molecule has 0 unspecified atom stereocenters. The van der Waals surface area contributed by atoms with Crippen molar-refractivity contribution in [3.8, 4) is 0 Å². The van der Waals surface area contributed by atoms with Crippen LogP contribution in [-0.2, 0) is 9.53 Å². The highest BCUT2D eigenvalue weighted by Gasteiger charge is 2.28. The van der Waals surface area contributed by atoms with E-state index in [1.54, 1.807) is 24.3 Å². The van der Waals surface area contributed by atoms with Crippen LogP contribution in [0.15, 0.2) is 41.8 Å². The van der Waals surface area contributed by atoms with Gasteiger partial charge in [0.15, 0.2) is 5.78 Å². The van der Waals surface area contributed by atoms with Crippen LogP contribution in [0.1, 0.15) is 35.4 Å². The predicted molar refractivity (Wildman–Crippen MR) is 107 cm³/mol. The molecule has 2 heterocycles. The average Bonchev–Trinajstić information content (AvgIpc) is 3.26. The first kappa shape index (κ1) is 20.0. The summed E-state index contributed by atoms with van der Waals surface area (Å²) >= 11 is 1.42. The van der Waals surface area contributed by atoms with Crippen molar-refractivity contribution >= 4 is 34.5 Å². The summed E-state index contributed by atoms with van der Waals surface area (Å²) in [5.41, 5.74) is 0.672. The fourth-order valence-corrected chi connectivity index (χ4v) is 4.02. The van der Waals surface area contributed by atoms with Crippen molar-refractivity contribution < 1.29 is 19.2 Å². The summed E-state index contributed by atoms with van der Waals surface area (Å²) in [5, 5.41) is 13.1.